The van der Waals surface area contributed by atoms with Gasteiger partial charge >= 0.3 is 6.09 Å². The quantitative estimate of drug-likeness (QED) is 0.259. The van der Waals surface area contributed by atoms with Gasteiger partial charge < -0.3 is 24.8 Å². The highest BCUT2D eigenvalue weighted by molar-refractivity contribution is 5.81. The minimum Gasteiger partial charge on any atom is -0.444 e. The lowest BCUT2D eigenvalue weighted by Crippen LogP contribution is -2.46. The molecule has 2 fully saturated rings. The number of hydrogen-bond donors (Lipinski definition) is 2. The van der Waals surface area contributed by atoms with Crippen molar-refractivity contribution in [3.8, 4) is 0 Å². The van der Waals surface area contributed by atoms with E-state index in [4.69, 9.17) is 14.5 Å². The molecule has 1 atom stereocenters. The summed E-state index contributed by atoms with van der Waals surface area (Å²) < 4.78 is 13.4. The maximum Gasteiger partial charge on any atom is 0.410 e. The zero-order valence-corrected chi connectivity index (χ0v) is 27.6. The number of fused-ring (bicyclic) bond motifs is 1. The second-order valence-electron chi connectivity index (χ2n) is 13.5. The zero-order valence-electron chi connectivity index (χ0n) is 27.6. The number of likely N-dealkylation sites (tertiary alicyclic amines) is 1. The molecule has 4 heterocycles. The van der Waals surface area contributed by atoms with Crippen LogP contribution in [0.25, 0.3) is 11.0 Å². The first-order valence-electron chi connectivity index (χ1n) is 16.4. The van der Waals surface area contributed by atoms with Crippen LogP contribution < -0.4 is 10.9 Å². The number of unbranched alkanes of at least 4 members (excludes halogenated alkanes) is 1. The number of rotatable bonds is 9. The van der Waals surface area contributed by atoms with Crippen molar-refractivity contribution >= 4 is 28.9 Å². The second-order valence-corrected chi connectivity index (χ2v) is 13.5. The topological polar surface area (TPSA) is 132 Å². The number of aliphatic hydroxyl groups is 1. The molecule has 45 heavy (non-hydrogen) atoms. The molecule has 11 nitrogen and oxygen atoms in total. The molecule has 0 bridgehead atoms. The van der Waals surface area contributed by atoms with E-state index in [9.17, 15) is 14.7 Å². The Balaban J connectivity index is 1.36. The van der Waals surface area contributed by atoms with Crippen molar-refractivity contribution < 1.29 is 19.4 Å². The molecule has 0 radical (unpaired) electrons. The standard InChI is InChI=1S/C34H48N6O5/c1-7-8-19-44-23(3)28-22(2)26-21-36-31(38-29(26)40(30(28)41)25-11-9-10-12-25)37-27-14-13-24(20-35-27)34(43)15-17-39(18-16-34)32(42)45-33(4,5)6/h13-14,20-21,23,25,43H,7-12,15-19H2,1-6H3,(H,35,36,37,38). The predicted molar refractivity (Wildman–Crippen MR) is 174 cm³/mol. The molecule has 1 saturated carbocycles. The molecular weight excluding hydrogens is 572 g/mol. The Morgan fingerprint density at radius 3 is 2.49 bits per heavy atom. The highest BCUT2D eigenvalue weighted by atomic mass is 16.6. The number of carbonyl (C=O) groups is 1. The van der Waals surface area contributed by atoms with E-state index in [-0.39, 0.29) is 23.8 Å². The fraction of sp³-hybridized carbons (Fsp3) is 0.618. The van der Waals surface area contributed by atoms with Gasteiger partial charge in [0.1, 0.15) is 17.1 Å². The van der Waals surface area contributed by atoms with Gasteiger partial charge in [-0.15, -0.1) is 0 Å². The van der Waals surface area contributed by atoms with Gasteiger partial charge in [0.2, 0.25) is 5.95 Å². The van der Waals surface area contributed by atoms with Crippen molar-refractivity contribution in [2.45, 2.75) is 116 Å². The Hall–Kier alpha value is -3.57. The van der Waals surface area contributed by atoms with Crippen LogP contribution >= 0.6 is 0 Å². The van der Waals surface area contributed by atoms with Crippen LogP contribution in [0.4, 0.5) is 16.6 Å². The molecule has 1 unspecified atom stereocenters. The van der Waals surface area contributed by atoms with Gasteiger partial charge in [0.15, 0.2) is 0 Å². The van der Waals surface area contributed by atoms with Crippen LogP contribution in [0.1, 0.15) is 115 Å². The molecule has 0 aromatic carbocycles. The molecule has 11 heteroatoms. The van der Waals surface area contributed by atoms with Crippen LogP contribution in [-0.4, -0.2) is 60.9 Å². The van der Waals surface area contributed by atoms with Gasteiger partial charge in [-0.3, -0.25) is 9.36 Å². The third kappa shape index (κ3) is 7.30. The number of nitrogens with zero attached hydrogens (tertiary/aromatic N) is 5. The van der Waals surface area contributed by atoms with Crippen LogP contribution in [0.15, 0.2) is 29.3 Å². The lowest BCUT2D eigenvalue weighted by molar-refractivity contribution is -0.0358. The molecule has 3 aromatic heterocycles. The van der Waals surface area contributed by atoms with Crippen LogP contribution in [0, 0.1) is 6.92 Å². The summed E-state index contributed by atoms with van der Waals surface area (Å²) in [6.07, 6.45) is 9.56. The minimum absolute atomic E-state index is 0.0333. The molecule has 244 valence electrons. The van der Waals surface area contributed by atoms with Gasteiger partial charge in [0, 0.05) is 54.6 Å². The van der Waals surface area contributed by atoms with Crippen molar-refractivity contribution in [2.75, 3.05) is 25.0 Å². The number of aryl methyl sites for hydroxylation is 1. The van der Waals surface area contributed by atoms with E-state index in [1.54, 1.807) is 23.4 Å². The Kier molecular flexibility index (Phi) is 9.79. The van der Waals surface area contributed by atoms with Crippen LogP contribution in [0.2, 0.25) is 0 Å². The smallest absolute Gasteiger partial charge is 0.410 e. The van der Waals surface area contributed by atoms with E-state index in [0.717, 1.165) is 49.5 Å². The molecule has 2 aliphatic rings. The number of carbonyl (C=O) groups excluding carboxylic acids is 1. The van der Waals surface area contributed by atoms with Crippen molar-refractivity contribution in [1.29, 1.82) is 0 Å². The van der Waals surface area contributed by atoms with E-state index >= 15 is 0 Å². The fourth-order valence-electron chi connectivity index (χ4n) is 6.41. The number of ether oxygens (including phenoxy) is 2. The van der Waals surface area contributed by atoms with Crippen molar-refractivity contribution in [1.82, 2.24) is 24.4 Å². The molecule has 0 spiro atoms. The van der Waals surface area contributed by atoms with Crippen molar-refractivity contribution in [2.24, 2.45) is 0 Å². The van der Waals surface area contributed by atoms with Crippen molar-refractivity contribution in [3.63, 3.8) is 0 Å². The number of hydrogen-bond acceptors (Lipinski definition) is 9. The van der Waals surface area contributed by atoms with Crippen LogP contribution in [-0.2, 0) is 15.1 Å². The zero-order chi connectivity index (χ0) is 32.4. The number of anilines is 2. The van der Waals surface area contributed by atoms with Gasteiger partial charge in [0.25, 0.3) is 5.56 Å². The van der Waals surface area contributed by atoms with Gasteiger partial charge in [0.05, 0.1) is 11.7 Å². The lowest BCUT2D eigenvalue weighted by atomic mass is 9.85. The molecule has 5 rings (SSSR count). The number of aromatic nitrogens is 4. The summed E-state index contributed by atoms with van der Waals surface area (Å²) in [7, 11) is 0. The van der Waals surface area contributed by atoms with E-state index < -0.39 is 11.2 Å². The van der Waals surface area contributed by atoms with Gasteiger partial charge in [-0.25, -0.2) is 14.8 Å². The first-order valence-corrected chi connectivity index (χ1v) is 16.4. The van der Waals surface area contributed by atoms with Gasteiger partial charge in [-0.05, 0) is 78.4 Å². The Bertz CT molecular complexity index is 1550. The first kappa shape index (κ1) is 32.8. The molecule has 2 N–H and O–H groups in total. The second kappa shape index (κ2) is 13.4. The fourth-order valence-corrected chi connectivity index (χ4v) is 6.41. The summed E-state index contributed by atoms with van der Waals surface area (Å²) in [5.74, 6) is 0.867. The highest BCUT2D eigenvalue weighted by Crippen LogP contribution is 2.35. The Labute approximate surface area is 265 Å². The predicted octanol–water partition coefficient (Wildman–Crippen LogP) is 6.45. The summed E-state index contributed by atoms with van der Waals surface area (Å²) in [6, 6.07) is 3.71. The highest BCUT2D eigenvalue weighted by Gasteiger charge is 2.37. The largest absolute Gasteiger partial charge is 0.444 e. The number of piperidine rings is 1. The molecule has 1 saturated heterocycles. The first-order chi connectivity index (χ1) is 21.4. The third-order valence-corrected chi connectivity index (χ3v) is 9.00. The summed E-state index contributed by atoms with van der Waals surface area (Å²) in [5.41, 5.74) is 1.15. The average molecular weight is 621 g/mol. The summed E-state index contributed by atoms with van der Waals surface area (Å²) >= 11 is 0. The maximum absolute atomic E-state index is 14.0. The van der Waals surface area contributed by atoms with E-state index in [1.165, 1.54) is 0 Å². The van der Waals surface area contributed by atoms with E-state index in [0.29, 0.717) is 61.1 Å². The monoisotopic (exact) mass is 620 g/mol. The molecule has 1 aliphatic carbocycles. The van der Waals surface area contributed by atoms with Crippen LogP contribution in [0.5, 0.6) is 0 Å². The lowest BCUT2D eigenvalue weighted by Gasteiger charge is -2.38. The van der Waals surface area contributed by atoms with Gasteiger partial charge in [-0.2, -0.15) is 4.98 Å². The summed E-state index contributed by atoms with van der Waals surface area (Å²) in [5, 5.41) is 15.4. The van der Waals surface area contributed by atoms with Gasteiger partial charge in [-0.1, -0.05) is 32.3 Å². The minimum atomic E-state index is -1.09. The summed E-state index contributed by atoms with van der Waals surface area (Å²) in [4.78, 5) is 42.1. The number of amides is 1. The van der Waals surface area contributed by atoms with E-state index in [2.05, 4.69) is 22.2 Å². The molecular formula is C34H48N6O5. The Morgan fingerprint density at radius 1 is 1.16 bits per heavy atom. The molecule has 1 aliphatic heterocycles. The van der Waals surface area contributed by atoms with Crippen molar-refractivity contribution in [3.05, 3.63) is 51.6 Å². The normalized spacial score (nSPS) is 17.9. The van der Waals surface area contributed by atoms with Crippen LogP contribution in [0.3, 0.4) is 0 Å². The number of pyridine rings is 2. The average Bonchev–Trinajstić information content (AvgIpc) is 3.52. The van der Waals surface area contributed by atoms with E-state index in [1.807, 2.05) is 45.3 Å². The molecule has 3 aromatic rings. The number of nitrogens with one attached hydrogen (secondary N) is 1. The summed E-state index contributed by atoms with van der Waals surface area (Å²) in [6.45, 7) is 13.0. The maximum atomic E-state index is 14.0. The SMILES string of the molecule is CCCCOC(C)c1c(C)c2cnc(Nc3ccc(C4(O)CCN(C(=O)OC(C)(C)C)CC4)cn3)nc2n(C2CCCC2)c1=O. The Morgan fingerprint density at radius 2 is 1.87 bits per heavy atom. The molecule has 1 amide bonds. The third-order valence-electron chi connectivity index (χ3n) is 9.00.